The van der Waals surface area contributed by atoms with Crippen LogP contribution in [0.5, 0.6) is 0 Å². The van der Waals surface area contributed by atoms with Crippen LogP contribution in [0.25, 0.3) is 0 Å². The molecule has 0 radical (unpaired) electrons. The van der Waals surface area contributed by atoms with Gasteiger partial charge in [0.1, 0.15) is 11.6 Å². The van der Waals surface area contributed by atoms with E-state index in [1.54, 1.807) is 20.8 Å². The third kappa shape index (κ3) is 4.60. The third-order valence-corrected chi connectivity index (χ3v) is 3.98. The van der Waals surface area contributed by atoms with Crippen LogP contribution < -0.4 is 5.32 Å². The van der Waals surface area contributed by atoms with Crippen LogP contribution in [0.2, 0.25) is 0 Å². The summed E-state index contributed by atoms with van der Waals surface area (Å²) in [4.78, 5) is 26.5. The van der Waals surface area contributed by atoms with E-state index >= 15 is 0 Å². The summed E-state index contributed by atoms with van der Waals surface area (Å²) in [5.41, 5.74) is -0.920. The average Bonchev–Trinajstić information content (AvgIpc) is 2.69. The van der Waals surface area contributed by atoms with Gasteiger partial charge in [-0.1, -0.05) is 20.8 Å². The second kappa shape index (κ2) is 6.86. The van der Waals surface area contributed by atoms with Gasteiger partial charge in [-0.2, -0.15) is 0 Å². The predicted octanol–water partition coefficient (Wildman–Crippen LogP) is 1.91. The summed E-state index contributed by atoms with van der Waals surface area (Å²) in [5.74, 6) is -0.228. The van der Waals surface area contributed by atoms with Crippen LogP contribution in [-0.4, -0.2) is 52.8 Å². The highest BCUT2D eigenvalue weighted by Crippen LogP contribution is 2.37. The number of carbonyl (C=O) groups excluding carboxylic acids is 2. The fourth-order valence-corrected chi connectivity index (χ4v) is 2.67. The predicted molar refractivity (Wildman–Crippen MR) is 84.4 cm³/mol. The van der Waals surface area contributed by atoms with Gasteiger partial charge in [0.25, 0.3) is 0 Å². The molecule has 0 aliphatic carbocycles. The molecule has 1 aliphatic heterocycles. The normalized spacial score (nSPS) is 22.3. The molecule has 0 saturated carbocycles. The second-order valence-electron chi connectivity index (χ2n) is 7.61. The van der Waals surface area contributed by atoms with Gasteiger partial charge in [-0.15, -0.1) is 0 Å². The number of amides is 2. The lowest BCUT2D eigenvalue weighted by atomic mass is 9.84. The van der Waals surface area contributed by atoms with Crippen molar-refractivity contribution < 1.29 is 19.4 Å². The van der Waals surface area contributed by atoms with Crippen LogP contribution in [0.3, 0.4) is 0 Å². The lowest BCUT2D eigenvalue weighted by Crippen LogP contribution is -2.54. The molecule has 1 heterocycles. The highest BCUT2D eigenvalue weighted by Gasteiger charge is 2.48. The lowest BCUT2D eigenvalue weighted by Gasteiger charge is -2.33. The van der Waals surface area contributed by atoms with E-state index in [1.807, 2.05) is 20.8 Å². The van der Waals surface area contributed by atoms with Gasteiger partial charge in [0.15, 0.2) is 0 Å². The number of aliphatic hydroxyl groups excluding tert-OH is 1. The van der Waals surface area contributed by atoms with Crippen LogP contribution >= 0.6 is 0 Å². The number of ether oxygens (including phenoxy) is 1. The molecule has 6 heteroatoms. The summed E-state index contributed by atoms with van der Waals surface area (Å²) < 4.78 is 5.41. The van der Waals surface area contributed by atoms with E-state index in [4.69, 9.17) is 4.74 Å². The minimum absolute atomic E-state index is 0.109. The molecule has 1 fully saturated rings. The SMILES string of the molecule is CC[C@@H](CO)NC(=O)[C@@H]1N(C(=O)OC(C)(C)C)CCC1(C)C. The van der Waals surface area contributed by atoms with Gasteiger partial charge in [-0.25, -0.2) is 4.79 Å². The van der Waals surface area contributed by atoms with Gasteiger partial charge in [0, 0.05) is 6.54 Å². The molecule has 0 spiro atoms. The summed E-state index contributed by atoms with van der Waals surface area (Å²) in [5, 5.41) is 12.1. The summed E-state index contributed by atoms with van der Waals surface area (Å²) in [6, 6.07) is -0.868. The van der Waals surface area contributed by atoms with Gasteiger partial charge >= 0.3 is 6.09 Å². The molecule has 1 saturated heterocycles. The van der Waals surface area contributed by atoms with Gasteiger partial charge < -0.3 is 15.2 Å². The van der Waals surface area contributed by atoms with E-state index in [1.165, 1.54) is 4.90 Å². The molecular formula is C16H30N2O4. The number of rotatable bonds is 4. The first-order valence-corrected chi connectivity index (χ1v) is 7.92. The Labute approximate surface area is 133 Å². The van der Waals surface area contributed by atoms with Crippen LogP contribution in [0.15, 0.2) is 0 Å². The maximum absolute atomic E-state index is 12.6. The Morgan fingerprint density at radius 2 is 2.00 bits per heavy atom. The molecule has 2 N–H and O–H groups in total. The monoisotopic (exact) mass is 314 g/mol. The average molecular weight is 314 g/mol. The molecule has 0 aromatic carbocycles. The van der Waals surface area contributed by atoms with Crippen molar-refractivity contribution in [3.63, 3.8) is 0 Å². The number of nitrogens with zero attached hydrogens (tertiary/aromatic N) is 1. The van der Waals surface area contributed by atoms with E-state index < -0.39 is 17.7 Å². The summed E-state index contributed by atoms with van der Waals surface area (Å²) in [7, 11) is 0. The van der Waals surface area contributed by atoms with E-state index in [0.717, 1.165) is 6.42 Å². The maximum atomic E-state index is 12.6. The number of likely N-dealkylation sites (tertiary alicyclic amines) is 1. The summed E-state index contributed by atoms with van der Waals surface area (Å²) in [6.07, 6.45) is 0.914. The Bertz CT molecular complexity index is 411. The van der Waals surface area contributed by atoms with Crippen molar-refractivity contribution in [2.24, 2.45) is 5.41 Å². The molecule has 0 aromatic rings. The fraction of sp³-hybridized carbons (Fsp3) is 0.875. The smallest absolute Gasteiger partial charge is 0.410 e. The third-order valence-electron chi connectivity index (χ3n) is 3.98. The van der Waals surface area contributed by atoms with Crippen molar-refractivity contribution in [3.8, 4) is 0 Å². The molecule has 6 nitrogen and oxygen atoms in total. The fourth-order valence-electron chi connectivity index (χ4n) is 2.67. The first-order chi connectivity index (χ1) is 10.0. The van der Waals surface area contributed by atoms with Crippen LogP contribution in [0, 0.1) is 5.41 Å². The zero-order valence-electron chi connectivity index (χ0n) is 14.6. The summed E-state index contributed by atoms with van der Waals surface area (Å²) in [6.45, 7) is 11.6. The van der Waals surface area contributed by atoms with E-state index in [9.17, 15) is 14.7 Å². The maximum Gasteiger partial charge on any atom is 0.410 e. The van der Waals surface area contributed by atoms with Crippen molar-refractivity contribution in [2.75, 3.05) is 13.2 Å². The Morgan fingerprint density at radius 1 is 1.41 bits per heavy atom. The van der Waals surface area contributed by atoms with Crippen molar-refractivity contribution in [3.05, 3.63) is 0 Å². The number of nitrogens with one attached hydrogen (secondary N) is 1. The molecular weight excluding hydrogens is 284 g/mol. The van der Waals surface area contributed by atoms with Crippen LogP contribution in [0.1, 0.15) is 54.4 Å². The molecule has 0 unspecified atom stereocenters. The first kappa shape index (κ1) is 18.7. The van der Waals surface area contributed by atoms with Crippen molar-refractivity contribution in [1.82, 2.24) is 10.2 Å². The number of aliphatic hydroxyl groups is 1. The highest BCUT2D eigenvalue weighted by molar-refractivity contribution is 5.87. The molecule has 22 heavy (non-hydrogen) atoms. The highest BCUT2D eigenvalue weighted by atomic mass is 16.6. The summed E-state index contributed by atoms with van der Waals surface area (Å²) >= 11 is 0. The van der Waals surface area contributed by atoms with Crippen LogP contribution in [-0.2, 0) is 9.53 Å². The van der Waals surface area contributed by atoms with Gasteiger partial charge in [-0.05, 0) is 39.0 Å². The Kier molecular flexibility index (Phi) is 5.84. The van der Waals surface area contributed by atoms with E-state index in [2.05, 4.69) is 5.32 Å². The van der Waals surface area contributed by atoms with Gasteiger partial charge in [0.05, 0.1) is 12.6 Å². The Hall–Kier alpha value is -1.30. The minimum atomic E-state index is -0.595. The first-order valence-electron chi connectivity index (χ1n) is 7.92. The molecule has 1 aliphatic rings. The molecule has 1 rings (SSSR count). The van der Waals surface area contributed by atoms with E-state index in [0.29, 0.717) is 13.0 Å². The van der Waals surface area contributed by atoms with Crippen molar-refractivity contribution >= 4 is 12.0 Å². The number of carbonyl (C=O) groups is 2. The largest absolute Gasteiger partial charge is 0.444 e. The van der Waals surface area contributed by atoms with Gasteiger partial charge in [0.2, 0.25) is 5.91 Å². The number of hydrogen-bond acceptors (Lipinski definition) is 4. The number of hydrogen-bond donors (Lipinski definition) is 2. The minimum Gasteiger partial charge on any atom is -0.444 e. The Morgan fingerprint density at radius 3 is 2.45 bits per heavy atom. The standard InChI is InChI=1S/C16H30N2O4/c1-7-11(10-19)17-13(20)12-16(5,6)8-9-18(12)14(21)22-15(2,3)4/h11-12,19H,7-10H2,1-6H3,(H,17,20)/t11-,12-/m0/s1. The van der Waals surface area contributed by atoms with Gasteiger partial charge in [-0.3, -0.25) is 9.69 Å². The topological polar surface area (TPSA) is 78.9 Å². The molecule has 0 bridgehead atoms. The zero-order valence-corrected chi connectivity index (χ0v) is 14.6. The molecule has 2 atom stereocenters. The van der Waals surface area contributed by atoms with Crippen molar-refractivity contribution in [2.45, 2.75) is 72.1 Å². The zero-order chi connectivity index (χ0) is 17.1. The quantitative estimate of drug-likeness (QED) is 0.831. The molecule has 128 valence electrons. The molecule has 0 aromatic heterocycles. The van der Waals surface area contributed by atoms with E-state index in [-0.39, 0.29) is 24.0 Å². The molecule has 2 amide bonds. The lowest BCUT2D eigenvalue weighted by molar-refractivity contribution is -0.129. The second-order valence-corrected chi connectivity index (χ2v) is 7.61. The van der Waals surface area contributed by atoms with Crippen LogP contribution in [0.4, 0.5) is 4.79 Å². The van der Waals surface area contributed by atoms with Crippen molar-refractivity contribution in [1.29, 1.82) is 0 Å². The Balaban J connectivity index is 2.90.